The predicted molar refractivity (Wildman–Crippen MR) is 119 cm³/mol. The Morgan fingerprint density at radius 1 is 0.583 bits per heavy atom. The number of carbonyl (C=O) groups excluding carboxylic acids is 6. The maximum Gasteiger partial charge on any atom is 0.326 e. The highest BCUT2D eigenvalue weighted by atomic mass is 16.4. The molecule has 6 amide bonds. The maximum atomic E-state index is 12.8. The van der Waals surface area contributed by atoms with Crippen LogP contribution in [0.2, 0.25) is 0 Å². The molecule has 0 heterocycles. The molecule has 0 aliphatic carbocycles. The Bertz CT molecular complexity index is 879. The fourth-order valence-corrected chi connectivity index (χ4v) is 2.74. The zero-order valence-electron chi connectivity index (χ0n) is 19.2. The molecule has 17 nitrogen and oxygen atoms in total. The lowest BCUT2D eigenvalue weighted by Crippen LogP contribution is -2.57. The van der Waals surface area contributed by atoms with Crippen LogP contribution in [-0.2, 0) is 38.4 Å². The van der Waals surface area contributed by atoms with Gasteiger partial charge in [-0.1, -0.05) is 0 Å². The Hall–Kier alpha value is -4.28. The number of rotatable bonds is 18. The minimum absolute atomic E-state index is 0.164. The summed E-state index contributed by atoms with van der Waals surface area (Å²) in [5.74, 6) is -8.59. The van der Waals surface area contributed by atoms with E-state index in [-0.39, 0.29) is 12.8 Å². The average molecular weight is 517 g/mol. The summed E-state index contributed by atoms with van der Waals surface area (Å²) in [5, 5.41) is 24.4. The third-order valence-electron chi connectivity index (χ3n) is 4.65. The summed E-state index contributed by atoms with van der Waals surface area (Å²) < 4.78 is 0. The molecule has 0 aliphatic heterocycles. The van der Waals surface area contributed by atoms with Crippen LogP contribution in [0.4, 0.5) is 0 Å². The van der Waals surface area contributed by atoms with E-state index in [9.17, 15) is 43.5 Å². The fraction of sp³-hybridized carbons (Fsp3) is 0.579. The highest BCUT2D eigenvalue weighted by molar-refractivity contribution is 5.96. The lowest BCUT2D eigenvalue weighted by Gasteiger charge is -2.24. The summed E-state index contributed by atoms with van der Waals surface area (Å²) in [4.78, 5) is 93.2. The maximum absolute atomic E-state index is 12.8. The van der Waals surface area contributed by atoms with E-state index in [1.54, 1.807) is 0 Å². The van der Waals surface area contributed by atoms with Gasteiger partial charge in [0.1, 0.15) is 18.1 Å². The number of nitrogens with one attached hydrogen (secondary N) is 3. The zero-order chi connectivity index (χ0) is 28.0. The Morgan fingerprint density at radius 2 is 1.03 bits per heavy atom. The van der Waals surface area contributed by atoms with Crippen LogP contribution in [-0.4, -0.2) is 81.8 Å². The van der Waals surface area contributed by atoms with Gasteiger partial charge in [-0.2, -0.15) is 0 Å². The minimum Gasteiger partial charge on any atom is -0.481 e. The normalized spacial score (nSPS) is 13.8. The summed E-state index contributed by atoms with van der Waals surface area (Å²) in [6.07, 6.45) is -3.00. The molecule has 0 bridgehead atoms. The van der Waals surface area contributed by atoms with Crippen LogP contribution in [0, 0.1) is 0 Å². The third kappa shape index (κ3) is 13.4. The molecule has 0 saturated heterocycles. The van der Waals surface area contributed by atoms with Crippen LogP contribution >= 0.6 is 0 Å². The highest BCUT2D eigenvalue weighted by Crippen LogP contribution is 2.05. The number of primary amides is 3. The molecule has 4 atom stereocenters. The molecule has 202 valence electrons. The molecular weight excluding hydrogens is 486 g/mol. The second kappa shape index (κ2) is 15.6. The molecule has 0 saturated carbocycles. The molecule has 13 N–H and O–H groups in total. The van der Waals surface area contributed by atoms with E-state index in [0.29, 0.717) is 0 Å². The van der Waals surface area contributed by atoms with Crippen molar-refractivity contribution in [3.8, 4) is 0 Å². The summed E-state index contributed by atoms with van der Waals surface area (Å²) >= 11 is 0. The van der Waals surface area contributed by atoms with Gasteiger partial charge in [0.05, 0.1) is 12.5 Å². The van der Waals surface area contributed by atoms with E-state index < -0.39 is 104 Å². The molecule has 0 aromatic rings. The molecule has 0 spiro atoms. The molecule has 36 heavy (non-hydrogen) atoms. The van der Waals surface area contributed by atoms with Crippen LogP contribution < -0.4 is 38.9 Å². The van der Waals surface area contributed by atoms with Gasteiger partial charge in [0, 0.05) is 19.3 Å². The molecule has 0 rings (SSSR count). The second-order valence-electron chi connectivity index (χ2n) is 7.74. The van der Waals surface area contributed by atoms with Gasteiger partial charge in [-0.15, -0.1) is 0 Å². The average Bonchev–Trinajstić information content (AvgIpc) is 2.75. The van der Waals surface area contributed by atoms with Crippen molar-refractivity contribution in [2.75, 3.05) is 0 Å². The van der Waals surface area contributed by atoms with Crippen molar-refractivity contribution >= 4 is 47.4 Å². The Kier molecular flexibility index (Phi) is 13.7. The van der Waals surface area contributed by atoms with E-state index >= 15 is 0 Å². The first-order chi connectivity index (χ1) is 16.6. The van der Waals surface area contributed by atoms with Crippen molar-refractivity contribution in [1.82, 2.24) is 16.0 Å². The number of hydrogen-bond donors (Lipinski definition) is 9. The number of carboxylic acid groups (broad SMARTS) is 2. The first kappa shape index (κ1) is 31.7. The summed E-state index contributed by atoms with van der Waals surface area (Å²) in [7, 11) is 0. The molecule has 0 radical (unpaired) electrons. The molecular formula is C19H31N7O10. The molecule has 0 aromatic heterocycles. The van der Waals surface area contributed by atoms with Crippen LogP contribution in [0.3, 0.4) is 0 Å². The van der Waals surface area contributed by atoms with Gasteiger partial charge in [0.2, 0.25) is 35.4 Å². The van der Waals surface area contributed by atoms with Gasteiger partial charge in [-0.25, -0.2) is 4.79 Å². The Labute approximate surface area is 204 Å². The van der Waals surface area contributed by atoms with Crippen molar-refractivity contribution in [3.05, 3.63) is 0 Å². The van der Waals surface area contributed by atoms with Gasteiger partial charge >= 0.3 is 11.9 Å². The number of hydrogen-bond acceptors (Lipinski definition) is 9. The standard InChI is InChI=1S/C19H31N7O10/c20-8(1-4-12(21)27)16(32)26-11(7-14(23)29)18(34)24-9(2-5-13(22)28)17(33)25-10(19(35)36)3-6-15(30)31/h8-11H,1-7,20H2,(H2,21,27)(H2,22,28)(H2,23,29)(H,24,34)(H,25,33)(H,26,32)(H,30,31)(H,35,36). The first-order valence-corrected chi connectivity index (χ1v) is 10.6. The SMILES string of the molecule is NC(=O)CCC(N)C(=O)NC(CC(N)=O)C(=O)NC(CCC(N)=O)C(=O)NC(CCC(=O)O)C(=O)O. The van der Waals surface area contributed by atoms with Crippen molar-refractivity contribution in [3.63, 3.8) is 0 Å². The molecule has 0 fully saturated rings. The summed E-state index contributed by atoms with van der Waals surface area (Å²) in [6.45, 7) is 0. The van der Waals surface area contributed by atoms with E-state index in [0.717, 1.165) is 0 Å². The van der Waals surface area contributed by atoms with Crippen molar-refractivity contribution in [2.24, 2.45) is 22.9 Å². The van der Waals surface area contributed by atoms with E-state index in [4.69, 9.17) is 28.0 Å². The van der Waals surface area contributed by atoms with Gasteiger partial charge in [-0.05, 0) is 19.3 Å². The predicted octanol–water partition coefficient (Wildman–Crippen LogP) is -4.88. The van der Waals surface area contributed by atoms with Crippen molar-refractivity contribution in [1.29, 1.82) is 0 Å². The number of aliphatic carboxylic acids is 2. The molecule has 17 heteroatoms. The summed E-state index contributed by atoms with van der Waals surface area (Å²) in [6, 6.07) is -6.10. The van der Waals surface area contributed by atoms with Gasteiger partial charge in [-0.3, -0.25) is 33.6 Å². The highest BCUT2D eigenvalue weighted by Gasteiger charge is 2.31. The third-order valence-corrected chi connectivity index (χ3v) is 4.65. The summed E-state index contributed by atoms with van der Waals surface area (Å²) in [5.41, 5.74) is 20.8. The topological polar surface area (TPSA) is 317 Å². The van der Waals surface area contributed by atoms with Gasteiger partial charge < -0.3 is 49.1 Å². The lowest BCUT2D eigenvalue weighted by molar-refractivity contribution is -0.143. The zero-order valence-corrected chi connectivity index (χ0v) is 19.2. The van der Waals surface area contributed by atoms with Crippen LogP contribution in [0.1, 0.15) is 44.9 Å². The fourth-order valence-electron chi connectivity index (χ4n) is 2.74. The van der Waals surface area contributed by atoms with E-state index in [1.807, 2.05) is 0 Å². The van der Waals surface area contributed by atoms with Crippen LogP contribution in [0.15, 0.2) is 0 Å². The molecule has 0 aromatic carbocycles. The van der Waals surface area contributed by atoms with Crippen LogP contribution in [0.5, 0.6) is 0 Å². The Morgan fingerprint density at radius 3 is 1.50 bits per heavy atom. The number of amides is 6. The molecule has 4 unspecified atom stereocenters. The van der Waals surface area contributed by atoms with Crippen LogP contribution in [0.25, 0.3) is 0 Å². The molecule has 0 aliphatic rings. The van der Waals surface area contributed by atoms with E-state index in [2.05, 4.69) is 16.0 Å². The largest absolute Gasteiger partial charge is 0.481 e. The monoisotopic (exact) mass is 517 g/mol. The second-order valence-corrected chi connectivity index (χ2v) is 7.74. The first-order valence-electron chi connectivity index (χ1n) is 10.6. The van der Waals surface area contributed by atoms with Gasteiger partial charge in [0.25, 0.3) is 0 Å². The smallest absolute Gasteiger partial charge is 0.326 e. The minimum atomic E-state index is -1.63. The number of carboxylic acids is 2. The van der Waals surface area contributed by atoms with Crippen molar-refractivity contribution < 1.29 is 48.6 Å². The lowest BCUT2D eigenvalue weighted by atomic mass is 10.1. The van der Waals surface area contributed by atoms with E-state index in [1.165, 1.54) is 0 Å². The quantitative estimate of drug-likeness (QED) is 0.0829. The van der Waals surface area contributed by atoms with Crippen molar-refractivity contribution in [2.45, 2.75) is 69.1 Å². The number of nitrogens with two attached hydrogens (primary N) is 4. The van der Waals surface area contributed by atoms with Gasteiger partial charge in [0.15, 0.2) is 0 Å². The number of carbonyl (C=O) groups is 8. The Balaban J connectivity index is 5.59.